The van der Waals surface area contributed by atoms with Gasteiger partial charge in [0.1, 0.15) is 5.75 Å². The van der Waals surface area contributed by atoms with Gasteiger partial charge in [0.25, 0.3) is 0 Å². The van der Waals surface area contributed by atoms with Gasteiger partial charge in [-0.3, -0.25) is 4.79 Å². The molecule has 2 rings (SSSR count). The SMILES string of the molecule is CC[C@H](C(=O)OC)[C@@H]1CC(C)(C)c2cc(OC)ccc21. The Morgan fingerprint density at radius 1 is 1.40 bits per heavy atom. The van der Waals surface area contributed by atoms with Crippen LogP contribution in [-0.4, -0.2) is 20.2 Å². The zero-order valence-corrected chi connectivity index (χ0v) is 13.0. The molecular formula is C17H24O3. The first-order chi connectivity index (χ1) is 9.44. The van der Waals surface area contributed by atoms with E-state index in [1.165, 1.54) is 18.2 Å². The molecule has 0 unspecified atom stereocenters. The molecular weight excluding hydrogens is 252 g/mol. The van der Waals surface area contributed by atoms with Gasteiger partial charge in [-0.2, -0.15) is 0 Å². The zero-order chi connectivity index (χ0) is 14.9. The monoisotopic (exact) mass is 276 g/mol. The number of hydrogen-bond donors (Lipinski definition) is 0. The third-order valence-corrected chi connectivity index (χ3v) is 4.55. The molecule has 0 radical (unpaired) electrons. The molecule has 3 heteroatoms. The van der Waals surface area contributed by atoms with Crippen molar-refractivity contribution in [3.05, 3.63) is 29.3 Å². The second-order valence-electron chi connectivity index (χ2n) is 6.19. The topological polar surface area (TPSA) is 35.5 Å². The summed E-state index contributed by atoms with van der Waals surface area (Å²) in [5, 5.41) is 0. The van der Waals surface area contributed by atoms with Gasteiger partial charge in [-0.15, -0.1) is 0 Å². The first-order valence-corrected chi connectivity index (χ1v) is 7.20. The Kier molecular flexibility index (Phi) is 4.07. The van der Waals surface area contributed by atoms with E-state index in [0.717, 1.165) is 18.6 Å². The Hall–Kier alpha value is -1.51. The number of rotatable bonds is 4. The van der Waals surface area contributed by atoms with Crippen molar-refractivity contribution in [2.45, 2.75) is 44.9 Å². The summed E-state index contributed by atoms with van der Waals surface area (Å²) in [5.74, 6) is 0.956. The Morgan fingerprint density at radius 2 is 2.10 bits per heavy atom. The molecule has 1 aliphatic rings. The molecule has 0 fully saturated rings. The minimum atomic E-state index is -0.100. The quantitative estimate of drug-likeness (QED) is 0.787. The number of carbonyl (C=O) groups excluding carboxylic acids is 1. The summed E-state index contributed by atoms with van der Waals surface area (Å²) < 4.78 is 10.3. The third kappa shape index (κ3) is 2.41. The van der Waals surface area contributed by atoms with Crippen molar-refractivity contribution in [3.8, 4) is 5.75 Å². The van der Waals surface area contributed by atoms with E-state index in [9.17, 15) is 4.79 Å². The van der Waals surface area contributed by atoms with E-state index in [2.05, 4.69) is 32.9 Å². The van der Waals surface area contributed by atoms with E-state index in [-0.39, 0.29) is 23.2 Å². The predicted octanol–water partition coefficient (Wildman–Crippen LogP) is 3.66. The van der Waals surface area contributed by atoms with Crippen molar-refractivity contribution < 1.29 is 14.3 Å². The van der Waals surface area contributed by atoms with Crippen LogP contribution >= 0.6 is 0 Å². The van der Waals surface area contributed by atoms with Gasteiger partial charge in [-0.1, -0.05) is 26.8 Å². The summed E-state index contributed by atoms with van der Waals surface area (Å²) in [4.78, 5) is 12.0. The molecule has 110 valence electrons. The molecule has 0 amide bonds. The number of benzene rings is 1. The van der Waals surface area contributed by atoms with Gasteiger partial charge in [0.05, 0.1) is 20.1 Å². The zero-order valence-electron chi connectivity index (χ0n) is 13.0. The van der Waals surface area contributed by atoms with Crippen LogP contribution in [0.25, 0.3) is 0 Å². The summed E-state index contributed by atoms with van der Waals surface area (Å²) in [6, 6.07) is 6.20. The van der Waals surface area contributed by atoms with E-state index in [1.807, 2.05) is 6.07 Å². The number of hydrogen-bond acceptors (Lipinski definition) is 3. The van der Waals surface area contributed by atoms with Crippen molar-refractivity contribution >= 4 is 5.97 Å². The minimum absolute atomic E-state index is 0.0612. The number of ether oxygens (including phenoxy) is 2. The van der Waals surface area contributed by atoms with Crippen LogP contribution in [0.1, 0.15) is 50.7 Å². The van der Waals surface area contributed by atoms with E-state index >= 15 is 0 Å². The third-order valence-electron chi connectivity index (χ3n) is 4.55. The molecule has 20 heavy (non-hydrogen) atoms. The lowest BCUT2D eigenvalue weighted by Crippen LogP contribution is -2.23. The van der Waals surface area contributed by atoms with E-state index in [1.54, 1.807) is 7.11 Å². The summed E-state index contributed by atoms with van der Waals surface area (Å²) in [5.41, 5.74) is 2.63. The summed E-state index contributed by atoms with van der Waals surface area (Å²) in [6.07, 6.45) is 1.78. The molecule has 0 bridgehead atoms. The molecule has 2 atom stereocenters. The first kappa shape index (κ1) is 14.9. The number of esters is 1. The lowest BCUT2D eigenvalue weighted by molar-refractivity contribution is -0.146. The molecule has 1 aromatic rings. The molecule has 0 N–H and O–H groups in total. The largest absolute Gasteiger partial charge is 0.497 e. The first-order valence-electron chi connectivity index (χ1n) is 7.20. The Balaban J connectivity index is 2.44. The molecule has 0 aliphatic heterocycles. The normalized spacial score (nSPS) is 21.1. The van der Waals surface area contributed by atoms with Gasteiger partial charge in [0, 0.05) is 0 Å². The van der Waals surface area contributed by atoms with Crippen molar-refractivity contribution in [2.75, 3.05) is 14.2 Å². The van der Waals surface area contributed by atoms with E-state index in [4.69, 9.17) is 9.47 Å². The van der Waals surface area contributed by atoms with Gasteiger partial charge in [0.15, 0.2) is 0 Å². The molecule has 0 heterocycles. The Labute approximate surface area is 121 Å². The van der Waals surface area contributed by atoms with Gasteiger partial charge in [-0.25, -0.2) is 0 Å². The predicted molar refractivity (Wildman–Crippen MR) is 79.2 cm³/mol. The Morgan fingerprint density at radius 3 is 2.65 bits per heavy atom. The van der Waals surface area contributed by atoms with Crippen molar-refractivity contribution in [2.24, 2.45) is 5.92 Å². The van der Waals surface area contributed by atoms with E-state index < -0.39 is 0 Å². The molecule has 1 aromatic carbocycles. The van der Waals surface area contributed by atoms with Crippen LogP contribution < -0.4 is 4.74 Å². The van der Waals surface area contributed by atoms with Crippen LogP contribution in [0.15, 0.2) is 18.2 Å². The van der Waals surface area contributed by atoms with Crippen LogP contribution in [-0.2, 0) is 14.9 Å². The van der Waals surface area contributed by atoms with Gasteiger partial charge in [-0.05, 0) is 47.4 Å². The van der Waals surface area contributed by atoms with E-state index in [0.29, 0.717) is 0 Å². The maximum absolute atomic E-state index is 12.0. The van der Waals surface area contributed by atoms with Crippen LogP contribution in [0.2, 0.25) is 0 Å². The fraction of sp³-hybridized carbons (Fsp3) is 0.588. The number of methoxy groups -OCH3 is 2. The fourth-order valence-corrected chi connectivity index (χ4v) is 3.47. The van der Waals surface area contributed by atoms with Crippen molar-refractivity contribution in [3.63, 3.8) is 0 Å². The second-order valence-corrected chi connectivity index (χ2v) is 6.19. The molecule has 1 aliphatic carbocycles. The van der Waals surface area contributed by atoms with Crippen LogP contribution in [0, 0.1) is 5.92 Å². The van der Waals surface area contributed by atoms with Crippen molar-refractivity contribution in [1.82, 2.24) is 0 Å². The highest BCUT2D eigenvalue weighted by Gasteiger charge is 2.42. The molecule has 0 aromatic heterocycles. The van der Waals surface area contributed by atoms with Crippen LogP contribution in [0.4, 0.5) is 0 Å². The van der Waals surface area contributed by atoms with Crippen LogP contribution in [0.5, 0.6) is 5.75 Å². The smallest absolute Gasteiger partial charge is 0.309 e. The van der Waals surface area contributed by atoms with Crippen molar-refractivity contribution in [1.29, 1.82) is 0 Å². The van der Waals surface area contributed by atoms with Crippen LogP contribution in [0.3, 0.4) is 0 Å². The van der Waals surface area contributed by atoms with Gasteiger partial charge in [0.2, 0.25) is 0 Å². The van der Waals surface area contributed by atoms with Gasteiger partial charge >= 0.3 is 5.97 Å². The molecule has 0 saturated heterocycles. The average molecular weight is 276 g/mol. The molecule has 3 nitrogen and oxygen atoms in total. The van der Waals surface area contributed by atoms with Gasteiger partial charge < -0.3 is 9.47 Å². The molecule has 0 spiro atoms. The number of carbonyl (C=O) groups is 1. The summed E-state index contributed by atoms with van der Waals surface area (Å²) in [6.45, 7) is 6.51. The average Bonchev–Trinajstić information content (AvgIpc) is 2.71. The number of fused-ring (bicyclic) bond motifs is 1. The second kappa shape index (κ2) is 5.47. The highest BCUT2D eigenvalue weighted by molar-refractivity contribution is 5.74. The molecule has 0 saturated carbocycles. The minimum Gasteiger partial charge on any atom is -0.497 e. The fourth-order valence-electron chi connectivity index (χ4n) is 3.47. The lowest BCUT2D eigenvalue weighted by atomic mass is 9.82. The summed E-state index contributed by atoms with van der Waals surface area (Å²) >= 11 is 0. The Bertz CT molecular complexity index is 505. The highest BCUT2D eigenvalue weighted by atomic mass is 16.5. The summed E-state index contributed by atoms with van der Waals surface area (Å²) in [7, 11) is 3.16. The standard InChI is InChI=1S/C17H24O3/c1-6-12(16(18)20-5)14-10-17(2,3)15-9-11(19-4)7-8-13(14)15/h7-9,12,14H,6,10H2,1-5H3/t12-,14-/m0/s1. The maximum atomic E-state index is 12.0. The highest BCUT2D eigenvalue weighted by Crippen LogP contribution is 2.50. The maximum Gasteiger partial charge on any atom is 0.309 e. The lowest BCUT2D eigenvalue weighted by Gasteiger charge is -2.23.